The SMILES string of the molecule is CC(C)CNC1CCCC(Cc2ccccc2)C1. The van der Waals surface area contributed by atoms with E-state index in [1.165, 1.54) is 44.2 Å². The zero-order valence-electron chi connectivity index (χ0n) is 11.9. The zero-order chi connectivity index (χ0) is 12.8. The Kier molecular flexibility index (Phi) is 5.25. The molecule has 1 N–H and O–H groups in total. The van der Waals surface area contributed by atoms with Gasteiger partial charge in [-0.1, -0.05) is 57.0 Å². The van der Waals surface area contributed by atoms with Crippen molar-refractivity contribution in [1.82, 2.24) is 5.32 Å². The van der Waals surface area contributed by atoms with Crippen LogP contribution in [0.3, 0.4) is 0 Å². The number of rotatable bonds is 5. The van der Waals surface area contributed by atoms with E-state index in [0.29, 0.717) is 0 Å². The molecule has 1 fully saturated rings. The summed E-state index contributed by atoms with van der Waals surface area (Å²) in [6.07, 6.45) is 6.81. The number of nitrogens with one attached hydrogen (secondary N) is 1. The summed E-state index contributed by atoms with van der Waals surface area (Å²) in [7, 11) is 0. The maximum absolute atomic E-state index is 3.74. The van der Waals surface area contributed by atoms with Crippen LogP contribution < -0.4 is 5.32 Å². The van der Waals surface area contributed by atoms with Crippen molar-refractivity contribution in [2.45, 2.75) is 52.0 Å². The second-order valence-corrected chi connectivity index (χ2v) is 6.22. The molecule has 1 aliphatic rings. The minimum atomic E-state index is 0.759. The van der Waals surface area contributed by atoms with E-state index >= 15 is 0 Å². The van der Waals surface area contributed by atoms with Gasteiger partial charge in [-0.05, 0) is 43.2 Å². The molecule has 1 saturated carbocycles. The second-order valence-electron chi connectivity index (χ2n) is 6.22. The minimum Gasteiger partial charge on any atom is -0.314 e. The van der Waals surface area contributed by atoms with E-state index < -0.39 is 0 Å². The van der Waals surface area contributed by atoms with Crippen LogP contribution in [0, 0.1) is 11.8 Å². The lowest BCUT2D eigenvalue weighted by Crippen LogP contribution is -2.36. The van der Waals surface area contributed by atoms with E-state index in [1.54, 1.807) is 0 Å². The van der Waals surface area contributed by atoms with Crippen LogP contribution >= 0.6 is 0 Å². The molecule has 1 aromatic rings. The number of hydrogen-bond acceptors (Lipinski definition) is 1. The lowest BCUT2D eigenvalue weighted by Gasteiger charge is -2.30. The van der Waals surface area contributed by atoms with E-state index in [4.69, 9.17) is 0 Å². The fourth-order valence-electron chi connectivity index (χ4n) is 3.01. The maximum Gasteiger partial charge on any atom is 0.00699 e. The fraction of sp³-hybridized carbons (Fsp3) is 0.647. The van der Waals surface area contributed by atoms with E-state index in [2.05, 4.69) is 49.5 Å². The quantitative estimate of drug-likeness (QED) is 0.825. The van der Waals surface area contributed by atoms with Crippen molar-refractivity contribution in [1.29, 1.82) is 0 Å². The molecule has 1 nitrogen and oxygen atoms in total. The molecule has 0 amide bonds. The summed E-state index contributed by atoms with van der Waals surface area (Å²) in [6.45, 7) is 5.75. The van der Waals surface area contributed by atoms with Crippen molar-refractivity contribution >= 4 is 0 Å². The van der Waals surface area contributed by atoms with Crippen LogP contribution in [0.25, 0.3) is 0 Å². The highest BCUT2D eigenvalue weighted by molar-refractivity contribution is 5.15. The van der Waals surface area contributed by atoms with E-state index in [9.17, 15) is 0 Å². The van der Waals surface area contributed by atoms with Gasteiger partial charge < -0.3 is 5.32 Å². The highest BCUT2D eigenvalue weighted by atomic mass is 14.9. The standard InChI is InChI=1S/C17H27N/c1-14(2)13-18-17-10-6-9-16(12-17)11-15-7-4-3-5-8-15/h3-5,7-8,14,16-18H,6,9-13H2,1-2H3. The van der Waals surface area contributed by atoms with E-state index in [1.807, 2.05) is 0 Å². The van der Waals surface area contributed by atoms with Crippen LogP contribution in [-0.4, -0.2) is 12.6 Å². The van der Waals surface area contributed by atoms with Gasteiger partial charge in [-0.25, -0.2) is 0 Å². The van der Waals surface area contributed by atoms with Gasteiger partial charge in [0.1, 0.15) is 0 Å². The summed E-state index contributed by atoms with van der Waals surface area (Å²) in [5.41, 5.74) is 1.51. The molecule has 1 aliphatic carbocycles. The molecular formula is C17H27N. The Labute approximate surface area is 112 Å². The molecule has 0 bridgehead atoms. The largest absolute Gasteiger partial charge is 0.314 e. The summed E-state index contributed by atoms with van der Waals surface area (Å²) in [5, 5.41) is 3.74. The highest BCUT2D eigenvalue weighted by Gasteiger charge is 2.21. The van der Waals surface area contributed by atoms with Crippen LogP contribution in [0.15, 0.2) is 30.3 Å². The van der Waals surface area contributed by atoms with E-state index in [-0.39, 0.29) is 0 Å². The predicted octanol–water partition coefficient (Wildman–Crippen LogP) is 4.03. The average molecular weight is 245 g/mol. The lowest BCUT2D eigenvalue weighted by atomic mass is 9.82. The molecular weight excluding hydrogens is 218 g/mol. The third-order valence-electron chi connectivity index (χ3n) is 3.96. The minimum absolute atomic E-state index is 0.759. The first-order valence-electron chi connectivity index (χ1n) is 7.51. The molecule has 2 rings (SSSR count). The second kappa shape index (κ2) is 6.94. The number of benzene rings is 1. The molecule has 2 atom stereocenters. The first kappa shape index (κ1) is 13.6. The predicted molar refractivity (Wildman–Crippen MR) is 78.7 cm³/mol. The lowest BCUT2D eigenvalue weighted by molar-refractivity contribution is 0.277. The van der Waals surface area contributed by atoms with Gasteiger partial charge in [-0.3, -0.25) is 0 Å². The molecule has 0 radical (unpaired) electrons. The van der Waals surface area contributed by atoms with Crippen LogP contribution in [0.1, 0.15) is 45.1 Å². The summed E-state index contributed by atoms with van der Waals surface area (Å²) in [4.78, 5) is 0. The van der Waals surface area contributed by atoms with Crippen LogP contribution in [0.5, 0.6) is 0 Å². The molecule has 18 heavy (non-hydrogen) atoms. The van der Waals surface area contributed by atoms with Crippen LogP contribution in [0.2, 0.25) is 0 Å². The Bertz CT molecular complexity index is 331. The molecule has 100 valence electrons. The van der Waals surface area contributed by atoms with Gasteiger partial charge in [0, 0.05) is 6.04 Å². The third kappa shape index (κ3) is 4.45. The fourth-order valence-corrected chi connectivity index (χ4v) is 3.01. The first-order chi connectivity index (χ1) is 8.74. The zero-order valence-corrected chi connectivity index (χ0v) is 11.9. The average Bonchev–Trinajstić information content (AvgIpc) is 2.38. The molecule has 0 aromatic heterocycles. The van der Waals surface area contributed by atoms with Gasteiger partial charge >= 0.3 is 0 Å². The molecule has 0 aliphatic heterocycles. The topological polar surface area (TPSA) is 12.0 Å². The maximum atomic E-state index is 3.74. The van der Waals surface area contributed by atoms with Crippen LogP contribution in [-0.2, 0) is 6.42 Å². The normalized spacial score (nSPS) is 24.4. The smallest absolute Gasteiger partial charge is 0.00699 e. The van der Waals surface area contributed by atoms with Crippen molar-refractivity contribution in [3.63, 3.8) is 0 Å². The van der Waals surface area contributed by atoms with Crippen molar-refractivity contribution in [2.75, 3.05) is 6.54 Å². The first-order valence-corrected chi connectivity index (χ1v) is 7.51. The summed E-state index contributed by atoms with van der Waals surface area (Å²) in [5.74, 6) is 1.64. The summed E-state index contributed by atoms with van der Waals surface area (Å²) < 4.78 is 0. The highest BCUT2D eigenvalue weighted by Crippen LogP contribution is 2.27. The Morgan fingerprint density at radius 3 is 2.67 bits per heavy atom. The van der Waals surface area contributed by atoms with Gasteiger partial charge in [0.05, 0.1) is 0 Å². The Hall–Kier alpha value is -0.820. The van der Waals surface area contributed by atoms with Crippen molar-refractivity contribution in [2.24, 2.45) is 11.8 Å². The molecule has 1 aromatic carbocycles. The number of hydrogen-bond donors (Lipinski definition) is 1. The molecule has 1 heteroatoms. The Balaban J connectivity index is 1.79. The summed E-state index contributed by atoms with van der Waals surface area (Å²) in [6, 6.07) is 11.7. The van der Waals surface area contributed by atoms with Crippen LogP contribution in [0.4, 0.5) is 0 Å². The Morgan fingerprint density at radius 2 is 1.94 bits per heavy atom. The monoisotopic (exact) mass is 245 g/mol. The molecule has 0 heterocycles. The summed E-state index contributed by atoms with van der Waals surface area (Å²) >= 11 is 0. The van der Waals surface area contributed by atoms with Gasteiger partial charge in [0.2, 0.25) is 0 Å². The van der Waals surface area contributed by atoms with Gasteiger partial charge in [-0.2, -0.15) is 0 Å². The van der Waals surface area contributed by atoms with Gasteiger partial charge in [-0.15, -0.1) is 0 Å². The van der Waals surface area contributed by atoms with Crippen molar-refractivity contribution < 1.29 is 0 Å². The molecule has 0 spiro atoms. The third-order valence-corrected chi connectivity index (χ3v) is 3.96. The van der Waals surface area contributed by atoms with Gasteiger partial charge in [0.25, 0.3) is 0 Å². The Morgan fingerprint density at radius 1 is 1.17 bits per heavy atom. The van der Waals surface area contributed by atoms with Crippen molar-refractivity contribution in [3.05, 3.63) is 35.9 Å². The van der Waals surface area contributed by atoms with E-state index in [0.717, 1.165) is 17.9 Å². The van der Waals surface area contributed by atoms with Gasteiger partial charge in [0.15, 0.2) is 0 Å². The van der Waals surface area contributed by atoms with Crippen molar-refractivity contribution in [3.8, 4) is 0 Å². The molecule has 2 unspecified atom stereocenters. The molecule has 0 saturated heterocycles.